The van der Waals surface area contributed by atoms with Crippen LogP contribution in [0.5, 0.6) is 0 Å². The Labute approximate surface area is 127 Å². The maximum atomic E-state index is 13.7. The van der Waals surface area contributed by atoms with Gasteiger partial charge in [0.25, 0.3) is 5.91 Å². The van der Waals surface area contributed by atoms with Crippen LogP contribution in [0.25, 0.3) is 0 Å². The molecule has 1 amide bonds. The first-order valence-electron chi connectivity index (χ1n) is 6.82. The van der Waals surface area contributed by atoms with Crippen molar-refractivity contribution in [2.75, 3.05) is 26.2 Å². The molecule has 0 bridgehead atoms. The monoisotopic (exact) mass is 334 g/mol. The lowest BCUT2D eigenvalue weighted by atomic mass is 10.2. The summed E-state index contributed by atoms with van der Waals surface area (Å²) in [7, 11) is -4.02. The molecule has 1 saturated heterocycles. The third-order valence-corrected chi connectivity index (χ3v) is 5.85. The number of carbonyl (C=O) groups excluding carboxylic acids is 1. The molecule has 1 aromatic carbocycles. The van der Waals surface area contributed by atoms with Crippen molar-refractivity contribution in [1.82, 2.24) is 4.31 Å². The Morgan fingerprint density at radius 1 is 1.32 bits per heavy atom. The van der Waals surface area contributed by atoms with E-state index in [0.717, 1.165) is 21.3 Å². The van der Waals surface area contributed by atoms with Crippen molar-refractivity contribution >= 4 is 15.9 Å². The lowest BCUT2D eigenvalue weighted by Gasteiger charge is -2.33. The Bertz CT molecular complexity index is 673. The Hall–Kier alpha value is -1.58. The maximum Gasteiger partial charge on any atom is 0.275 e. The van der Waals surface area contributed by atoms with Crippen molar-refractivity contribution in [3.05, 3.63) is 29.8 Å². The molecule has 0 spiro atoms. The van der Waals surface area contributed by atoms with Gasteiger partial charge in [-0.1, -0.05) is 0 Å². The number of piperazine rings is 1. The zero-order valence-electron chi connectivity index (χ0n) is 12.1. The summed E-state index contributed by atoms with van der Waals surface area (Å²) in [5, 5.41) is 0. The van der Waals surface area contributed by atoms with Crippen molar-refractivity contribution in [3.8, 4) is 0 Å². The number of rotatable bonds is 4. The quantitative estimate of drug-likeness (QED) is 0.720. The molecular weight excluding hydrogens is 316 g/mol. The van der Waals surface area contributed by atoms with Crippen LogP contribution >= 0.6 is 0 Å². The number of hydrogen-bond acceptors (Lipinski definition) is 3. The SMILES string of the molecule is C[C@@H](C(N)=O)[NH+]1CCN(S(=O)(=O)c2ccc(F)cc2F)CC1. The van der Waals surface area contributed by atoms with E-state index in [2.05, 4.69) is 0 Å². The van der Waals surface area contributed by atoms with Crippen LogP contribution in [-0.2, 0) is 14.8 Å². The van der Waals surface area contributed by atoms with Gasteiger partial charge in [0.1, 0.15) is 16.5 Å². The van der Waals surface area contributed by atoms with Gasteiger partial charge in [-0.25, -0.2) is 17.2 Å². The standard InChI is InChI=1S/C13H17F2N3O3S/c1-9(13(16)19)17-4-6-18(7-5-17)22(20,21)12-3-2-10(14)8-11(12)15/h2-3,8-9H,4-7H2,1H3,(H2,16,19)/p+1/t9-/m0/s1. The summed E-state index contributed by atoms with van der Waals surface area (Å²) < 4.78 is 52.5. The van der Waals surface area contributed by atoms with E-state index >= 15 is 0 Å². The third kappa shape index (κ3) is 3.26. The summed E-state index contributed by atoms with van der Waals surface area (Å²) in [5.41, 5.74) is 5.24. The molecule has 6 nitrogen and oxygen atoms in total. The largest absolute Gasteiger partial charge is 0.365 e. The fraction of sp³-hybridized carbons (Fsp3) is 0.462. The first kappa shape index (κ1) is 16.8. The van der Waals surface area contributed by atoms with Gasteiger partial charge in [-0.15, -0.1) is 0 Å². The highest BCUT2D eigenvalue weighted by Crippen LogP contribution is 2.20. The Morgan fingerprint density at radius 3 is 2.41 bits per heavy atom. The van der Waals surface area contributed by atoms with E-state index in [0.29, 0.717) is 19.2 Å². The molecule has 1 atom stereocenters. The molecule has 2 rings (SSSR count). The molecule has 9 heteroatoms. The molecule has 1 aromatic rings. The van der Waals surface area contributed by atoms with Crippen molar-refractivity contribution in [3.63, 3.8) is 0 Å². The summed E-state index contributed by atoms with van der Waals surface area (Å²) in [5.74, 6) is -2.39. The van der Waals surface area contributed by atoms with E-state index in [1.54, 1.807) is 6.92 Å². The zero-order valence-corrected chi connectivity index (χ0v) is 12.9. The van der Waals surface area contributed by atoms with Gasteiger partial charge < -0.3 is 10.6 Å². The normalized spacial score (nSPS) is 19.0. The second-order valence-electron chi connectivity index (χ2n) is 5.26. The average molecular weight is 334 g/mol. The third-order valence-electron chi connectivity index (χ3n) is 3.92. The summed E-state index contributed by atoms with van der Waals surface area (Å²) in [6.45, 7) is 2.76. The van der Waals surface area contributed by atoms with Gasteiger partial charge in [0.05, 0.1) is 26.2 Å². The van der Waals surface area contributed by atoms with Crippen LogP contribution in [-0.4, -0.2) is 50.9 Å². The second-order valence-corrected chi connectivity index (χ2v) is 7.17. The summed E-state index contributed by atoms with van der Waals surface area (Å²) in [4.78, 5) is 11.5. The number of quaternary nitrogens is 1. The predicted octanol–water partition coefficient (Wildman–Crippen LogP) is -1.27. The lowest BCUT2D eigenvalue weighted by molar-refractivity contribution is -0.917. The van der Waals surface area contributed by atoms with Gasteiger partial charge >= 0.3 is 0 Å². The summed E-state index contributed by atoms with van der Waals surface area (Å²) in [6, 6.07) is 1.97. The van der Waals surface area contributed by atoms with Crippen molar-refractivity contribution in [2.45, 2.75) is 17.9 Å². The molecule has 1 fully saturated rings. The highest BCUT2D eigenvalue weighted by atomic mass is 32.2. The van der Waals surface area contributed by atoms with E-state index in [9.17, 15) is 22.0 Å². The average Bonchev–Trinajstić information content (AvgIpc) is 2.46. The predicted molar refractivity (Wildman–Crippen MR) is 74.5 cm³/mol. The Kier molecular flexibility index (Phi) is 4.78. The zero-order chi connectivity index (χ0) is 16.5. The molecule has 1 heterocycles. The first-order valence-corrected chi connectivity index (χ1v) is 8.26. The van der Waals surface area contributed by atoms with Gasteiger partial charge in [0.15, 0.2) is 6.04 Å². The van der Waals surface area contributed by atoms with Crippen LogP contribution in [0.2, 0.25) is 0 Å². The van der Waals surface area contributed by atoms with Gasteiger partial charge in [0, 0.05) is 6.07 Å². The van der Waals surface area contributed by atoms with Crippen LogP contribution in [0.1, 0.15) is 6.92 Å². The highest BCUT2D eigenvalue weighted by molar-refractivity contribution is 7.89. The minimum absolute atomic E-state index is 0.145. The number of carbonyl (C=O) groups is 1. The number of hydrogen-bond donors (Lipinski definition) is 2. The summed E-state index contributed by atoms with van der Waals surface area (Å²) in [6.07, 6.45) is 0. The molecule has 3 N–H and O–H groups in total. The molecule has 1 aliphatic rings. The number of amides is 1. The second kappa shape index (κ2) is 6.27. The fourth-order valence-electron chi connectivity index (χ4n) is 2.47. The van der Waals surface area contributed by atoms with Crippen molar-refractivity contribution in [2.24, 2.45) is 5.73 Å². The minimum atomic E-state index is -4.02. The van der Waals surface area contributed by atoms with E-state index in [4.69, 9.17) is 5.73 Å². The molecule has 0 radical (unpaired) electrons. The number of primary amides is 1. The van der Waals surface area contributed by atoms with Crippen LogP contribution < -0.4 is 10.6 Å². The summed E-state index contributed by atoms with van der Waals surface area (Å²) >= 11 is 0. The molecule has 0 aliphatic carbocycles. The number of sulfonamides is 1. The minimum Gasteiger partial charge on any atom is -0.365 e. The molecule has 122 valence electrons. The van der Waals surface area contributed by atoms with E-state index in [1.807, 2.05) is 0 Å². The lowest BCUT2D eigenvalue weighted by Crippen LogP contribution is -3.19. The van der Waals surface area contributed by atoms with E-state index in [-0.39, 0.29) is 13.1 Å². The molecule has 0 saturated carbocycles. The van der Waals surface area contributed by atoms with E-state index < -0.39 is 38.5 Å². The first-order chi connectivity index (χ1) is 10.2. The fourth-order valence-corrected chi connectivity index (χ4v) is 3.96. The van der Waals surface area contributed by atoms with Gasteiger partial charge in [-0.2, -0.15) is 4.31 Å². The van der Waals surface area contributed by atoms with Crippen LogP contribution in [0.15, 0.2) is 23.1 Å². The Morgan fingerprint density at radius 2 is 1.91 bits per heavy atom. The molecule has 22 heavy (non-hydrogen) atoms. The number of nitrogens with two attached hydrogens (primary N) is 1. The molecule has 0 unspecified atom stereocenters. The van der Waals surface area contributed by atoms with Crippen LogP contribution in [0.4, 0.5) is 8.78 Å². The van der Waals surface area contributed by atoms with E-state index in [1.165, 1.54) is 0 Å². The number of halogens is 2. The number of benzene rings is 1. The molecule has 0 aromatic heterocycles. The van der Waals surface area contributed by atoms with Crippen LogP contribution in [0.3, 0.4) is 0 Å². The highest BCUT2D eigenvalue weighted by Gasteiger charge is 2.34. The number of nitrogens with zero attached hydrogens (tertiary/aromatic N) is 1. The van der Waals surface area contributed by atoms with Crippen molar-refractivity contribution < 1.29 is 26.9 Å². The molecular formula is C13H18F2N3O3S+. The molecule has 1 aliphatic heterocycles. The van der Waals surface area contributed by atoms with Gasteiger partial charge in [-0.3, -0.25) is 4.79 Å². The number of nitrogens with one attached hydrogen (secondary N) is 1. The van der Waals surface area contributed by atoms with Gasteiger partial charge in [-0.05, 0) is 19.1 Å². The Balaban J connectivity index is 2.14. The topological polar surface area (TPSA) is 84.9 Å². The van der Waals surface area contributed by atoms with Crippen molar-refractivity contribution in [1.29, 1.82) is 0 Å². The smallest absolute Gasteiger partial charge is 0.275 e. The maximum absolute atomic E-state index is 13.7. The van der Waals surface area contributed by atoms with Gasteiger partial charge in [0.2, 0.25) is 10.0 Å². The van der Waals surface area contributed by atoms with Crippen LogP contribution in [0, 0.1) is 11.6 Å².